The molecule has 3 heterocycles. The summed E-state index contributed by atoms with van der Waals surface area (Å²) in [6.45, 7) is 8.59. The van der Waals surface area contributed by atoms with Crippen LogP contribution < -0.4 is 4.90 Å². The van der Waals surface area contributed by atoms with Crippen LogP contribution in [0.15, 0.2) is 35.7 Å². The SMILES string of the molecule is Cc1csc(N2CCCN(CCCCCn3nnc(-c4ccccc4)n3)CC2)n1. The van der Waals surface area contributed by atoms with Gasteiger partial charge in [0.15, 0.2) is 5.13 Å². The lowest BCUT2D eigenvalue weighted by Crippen LogP contribution is -2.31. The quantitative estimate of drug-likeness (QED) is 0.529. The monoisotopic (exact) mass is 411 g/mol. The molecular formula is C21H29N7S. The van der Waals surface area contributed by atoms with Crippen LogP contribution in [0.4, 0.5) is 5.13 Å². The fourth-order valence-electron chi connectivity index (χ4n) is 3.68. The van der Waals surface area contributed by atoms with E-state index in [1.807, 2.05) is 30.3 Å². The summed E-state index contributed by atoms with van der Waals surface area (Å²) in [6, 6.07) is 10.0. The van der Waals surface area contributed by atoms with Crippen molar-refractivity contribution in [3.63, 3.8) is 0 Å². The van der Waals surface area contributed by atoms with Crippen molar-refractivity contribution in [3.05, 3.63) is 41.4 Å². The van der Waals surface area contributed by atoms with E-state index in [9.17, 15) is 0 Å². The molecule has 4 rings (SSSR count). The second-order valence-corrected chi connectivity index (χ2v) is 8.43. The Hall–Kier alpha value is -2.32. The van der Waals surface area contributed by atoms with Crippen molar-refractivity contribution in [2.45, 2.75) is 39.2 Å². The van der Waals surface area contributed by atoms with Gasteiger partial charge < -0.3 is 9.80 Å². The van der Waals surface area contributed by atoms with Gasteiger partial charge in [0.1, 0.15) is 0 Å². The topological polar surface area (TPSA) is 63.0 Å². The van der Waals surface area contributed by atoms with Crippen LogP contribution in [0.5, 0.6) is 0 Å². The number of rotatable bonds is 8. The molecule has 1 aliphatic rings. The Kier molecular flexibility index (Phi) is 6.84. The number of nitrogens with zero attached hydrogens (tertiary/aromatic N) is 7. The fourth-order valence-corrected chi connectivity index (χ4v) is 4.54. The van der Waals surface area contributed by atoms with Crippen LogP contribution >= 0.6 is 11.3 Å². The Morgan fingerprint density at radius 3 is 2.66 bits per heavy atom. The van der Waals surface area contributed by atoms with Gasteiger partial charge in [0.05, 0.1) is 12.2 Å². The molecule has 1 aromatic carbocycles. The van der Waals surface area contributed by atoms with E-state index in [1.165, 1.54) is 37.5 Å². The summed E-state index contributed by atoms with van der Waals surface area (Å²) in [6.07, 6.45) is 4.71. The summed E-state index contributed by atoms with van der Waals surface area (Å²) in [7, 11) is 0. The molecular weight excluding hydrogens is 382 g/mol. The maximum Gasteiger partial charge on any atom is 0.204 e. The first-order valence-electron chi connectivity index (χ1n) is 10.5. The van der Waals surface area contributed by atoms with Crippen LogP contribution in [-0.2, 0) is 6.54 Å². The summed E-state index contributed by atoms with van der Waals surface area (Å²) < 4.78 is 0. The number of unbranched alkanes of at least 4 members (excludes halogenated alkanes) is 2. The van der Waals surface area contributed by atoms with Gasteiger partial charge in [0, 0.05) is 30.6 Å². The number of tetrazole rings is 1. The molecule has 0 atom stereocenters. The third-order valence-electron chi connectivity index (χ3n) is 5.28. The maximum atomic E-state index is 4.64. The summed E-state index contributed by atoms with van der Waals surface area (Å²) in [5, 5.41) is 16.2. The molecule has 8 heteroatoms. The standard InChI is InChI=1S/C21H29N7S/c1-18-17-29-21(22-18)27-13-8-12-26(15-16-27)11-6-3-7-14-28-24-20(23-25-28)19-9-4-2-5-10-19/h2,4-5,9-10,17H,3,6-8,11-16H2,1H3. The van der Waals surface area contributed by atoms with Crippen molar-refractivity contribution in [2.75, 3.05) is 37.6 Å². The molecule has 0 unspecified atom stereocenters. The minimum absolute atomic E-state index is 0.704. The molecule has 29 heavy (non-hydrogen) atoms. The third kappa shape index (κ3) is 5.61. The number of aromatic nitrogens is 5. The second kappa shape index (κ2) is 9.93. The highest BCUT2D eigenvalue weighted by Crippen LogP contribution is 2.21. The van der Waals surface area contributed by atoms with Crippen LogP contribution in [0.3, 0.4) is 0 Å². The van der Waals surface area contributed by atoms with E-state index in [0.29, 0.717) is 5.82 Å². The van der Waals surface area contributed by atoms with Gasteiger partial charge in [-0.15, -0.1) is 21.5 Å². The number of thiazole rings is 1. The average molecular weight is 412 g/mol. The van der Waals surface area contributed by atoms with Crippen molar-refractivity contribution in [3.8, 4) is 11.4 Å². The average Bonchev–Trinajstić information content (AvgIpc) is 3.33. The molecule has 1 saturated heterocycles. The largest absolute Gasteiger partial charge is 0.347 e. The zero-order chi connectivity index (χ0) is 19.9. The van der Waals surface area contributed by atoms with Crippen molar-refractivity contribution in [1.29, 1.82) is 0 Å². The summed E-state index contributed by atoms with van der Waals surface area (Å²) in [4.78, 5) is 11.4. The first-order valence-corrected chi connectivity index (χ1v) is 11.4. The van der Waals surface area contributed by atoms with Gasteiger partial charge in [-0.25, -0.2) is 4.98 Å². The molecule has 154 valence electrons. The van der Waals surface area contributed by atoms with Crippen molar-refractivity contribution in [1.82, 2.24) is 30.1 Å². The lowest BCUT2D eigenvalue weighted by Gasteiger charge is -2.21. The van der Waals surface area contributed by atoms with Crippen LogP contribution in [0.2, 0.25) is 0 Å². The number of hydrogen-bond acceptors (Lipinski definition) is 7. The van der Waals surface area contributed by atoms with E-state index >= 15 is 0 Å². The lowest BCUT2D eigenvalue weighted by molar-refractivity contribution is 0.284. The van der Waals surface area contributed by atoms with Gasteiger partial charge in [-0.3, -0.25) is 0 Å². The fraction of sp³-hybridized carbons (Fsp3) is 0.524. The zero-order valence-electron chi connectivity index (χ0n) is 17.1. The normalized spacial score (nSPS) is 15.6. The number of aryl methyl sites for hydroxylation is 2. The predicted octanol–water partition coefficient (Wildman–Crippen LogP) is 3.49. The van der Waals surface area contributed by atoms with E-state index in [4.69, 9.17) is 0 Å². The first-order chi connectivity index (χ1) is 14.3. The van der Waals surface area contributed by atoms with Crippen molar-refractivity contribution < 1.29 is 0 Å². The van der Waals surface area contributed by atoms with Crippen LogP contribution in [0.25, 0.3) is 11.4 Å². The molecule has 0 radical (unpaired) electrons. The number of anilines is 1. The van der Waals surface area contributed by atoms with Gasteiger partial charge >= 0.3 is 0 Å². The van der Waals surface area contributed by atoms with E-state index in [0.717, 1.165) is 43.9 Å². The molecule has 0 spiro atoms. The molecule has 3 aromatic rings. The highest BCUT2D eigenvalue weighted by atomic mass is 32.1. The van der Waals surface area contributed by atoms with Crippen molar-refractivity contribution >= 4 is 16.5 Å². The third-order valence-corrected chi connectivity index (χ3v) is 6.30. The summed E-state index contributed by atoms with van der Waals surface area (Å²) in [5.41, 5.74) is 2.14. The van der Waals surface area contributed by atoms with E-state index in [1.54, 1.807) is 16.1 Å². The summed E-state index contributed by atoms with van der Waals surface area (Å²) >= 11 is 1.77. The lowest BCUT2D eigenvalue weighted by atomic mass is 10.2. The smallest absolute Gasteiger partial charge is 0.204 e. The van der Waals surface area contributed by atoms with E-state index in [2.05, 4.69) is 42.5 Å². The van der Waals surface area contributed by atoms with Gasteiger partial charge in [0.2, 0.25) is 5.82 Å². The molecule has 1 aliphatic heterocycles. The molecule has 0 amide bonds. The Bertz CT molecular complexity index is 876. The number of benzene rings is 1. The second-order valence-electron chi connectivity index (χ2n) is 7.59. The molecule has 0 aliphatic carbocycles. The van der Waals surface area contributed by atoms with E-state index in [-0.39, 0.29) is 0 Å². The Labute approximate surface area is 176 Å². The highest BCUT2D eigenvalue weighted by Gasteiger charge is 2.16. The Morgan fingerprint density at radius 1 is 0.966 bits per heavy atom. The molecule has 1 fully saturated rings. The van der Waals surface area contributed by atoms with Gasteiger partial charge in [-0.2, -0.15) is 4.80 Å². The van der Waals surface area contributed by atoms with Crippen molar-refractivity contribution in [2.24, 2.45) is 0 Å². The van der Waals surface area contributed by atoms with Gasteiger partial charge in [-0.05, 0) is 44.5 Å². The van der Waals surface area contributed by atoms with Crippen LogP contribution in [-0.4, -0.2) is 62.8 Å². The van der Waals surface area contributed by atoms with E-state index < -0.39 is 0 Å². The number of hydrogen-bond donors (Lipinski definition) is 0. The predicted molar refractivity (Wildman–Crippen MR) is 117 cm³/mol. The van der Waals surface area contributed by atoms with Crippen LogP contribution in [0, 0.1) is 6.92 Å². The zero-order valence-corrected chi connectivity index (χ0v) is 17.9. The molecule has 0 saturated carbocycles. The molecule has 0 bridgehead atoms. The Morgan fingerprint density at radius 2 is 1.83 bits per heavy atom. The highest BCUT2D eigenvalue weighted by molar-refractivity contribution is 7.13. The molecule has 0 N–H and O–H groups in total. The minimum atomic E-state index is 0.704. The molecule has 2 aromatic heterocycles. The van der Waals surface area contributed by atoms with Gasteiger partial charge in [-0.1, -0.05) is 36.8 Å². The first kappa shape index (κ1) is 20.0. The Balaban J connectivity index is 1.14. The summed E-state index contributed by atoms with van der Waals surface area (Å²) in [5.74, 6) is 0.704. The van der Waals surface area contributed by atoms with Gasteiger partial charge in [0.25, 0.3) is 0 Å². The molecule has 7 nitrogen and oxygen atoms in total. The van der Waals surface area contributed by atoms with Crippen LogP contribution in [0.1, 0.15) is 31.4 Å². The minimum Gasteiger partial charge on any atom is -0.347 e. The maximum absolute atomic E-state index is 4.64.